The van der Waals surface area contributed by atoms with Gasteiger partial charge in [-0.25, -0.2) is 0 Å². The van der Waals surface area contributed by atoms with Gasteiger partial charge < -0.3 is 9.73 Å². The molecular formula is C10H11Br2N3OS. The van der Waals surface area contributed by atoms with Crippen LogP contribution in [-0.4, -0.2) is 16.2 Å². The predicted octanol–water partition coefficient (Wildman–Crippen LogP) is 3.82. The van der Waals surface area contributed by atoms with Crippen LogP contribution in [0.15, 0.2) is 18.7 Å². The Morgan fingerprint density at radius 2 is 2.18 bits per heavy atom. The normalized spacial score (nSPS) is 11.4. The molecule has 2 aromatic rings. The highest BCUT2D eigenvalue weighted by Crippen LogP contribution is 2.37. The Hall–Kier alpha value is -0.240. The van der Waals surface area contributed by atoms with Crippen LogP contribution in [0.3, 0.4) is 0 Å². The SMILES string of the molecule is CC(C)NCc1nnc(-c2cc(Br)c(Br)s2)o1. The molecule has 0 aliphatic carbocycles. The zero-order valence-electron chi connectivity index (χ0n) is 9.33. The minimum Gasteiger partial charge on any atom is -0.419 e. The van der Waals surface area contributed by atoms with Crippen molar-refractivity contribution < 1.29 is 4.42 Å². The maximum atomic E-state index is 5.57. The summed E-state index contributed by atoms with van der Waals surface area (Å²) in [5.41, 5.74) is 0. The molecule has 17 heavy (non-hydrogen) atoms. The van der Waals surface area contributed by atoms with E-state index in [1.165, 1.54) is 0 Å². The fourth-order valence-electron chi connectivity index (χ4n) is 1.17. The highest BCUT2D eigenvalue weighted by molar-refractivity contribution is 9.13. The fourth-order valence-corrected chi connectivity index (χ4v) is 3.12. The van der Waals surface area contributed by atoms with Crippen molar-refractivity contribution in [3.8, 4) is 10.8 Å². The summed E-state index contributed by atoms with van der Waals surface area (Å²) in [6, 6.07) is 2.36. The lowest BCUT2D eigenvalue weighted by Crippen LogP contribution is -2.21. The van der Waals surface area contributed by atoms with Crippen molar-refractivity contribution in [2.45, 2.75) is 26.4 Å². The van der Waals surface area contributed by atoms with Gasteiger partial charge in [0, 0.05) is 10.5 Å². The number of thiophene rings is 1. The van der Waals surface area contributed by atoms with E-state index in [4.69, 9.17) is 4.42 Å². The van der Waals surface area contributed by atoms with Crippen molar-refractivity contribution >= 4 is 43.2 Å². The number of hydrogen-bond acceptors (Lipinski definition) is 5. The third-order valence-electron chi connectivity index (χ3n) is 1.98. The molecule has 4 nitrogen and oxygen atoms in total. The average Bonchev–Trinajstić information content (AvgIpc) is 2.84. The molecule has 0 bridgehead atoms. The summed E-state index contributed by atoms with van der Waals surface area (Å²) < 4.78 is 7.59. The lowest BCUT2D eigenvalue weighted by Gasteiger charge is -2.03. The summed E-state index contributed by atoms with van der Waals surface area (Å²) in [5, 5.41) is 11.3. The molecule has 0 aliphatic rings. The lowest BCUT2D eigenvalue weighted by atomic mass is 10.4. The van der Waals surface area contributed by atoms with Crippen LogP contribution in [0.5, 0.6) is 0 Å². The Kier molecular flexibility index (Phi) is 4.35. The number of nitrogens with one attached hydrogen (secondary N) is 1. The molecule has 92 valence electrons. The highest BCUT2D eigenvalue weighted by atomic mass is 79.9. The lowest BCUT2D eigenvalue weighted by molar-refractivity contribution is 0.459. The summed E-state index contributed by atoms with van der Waals surface area (Å²) >= 11 is 8.43. The molecule has 0 spiro atoms. The number of halogens is 2. The van der Waals surface area contributed by atoms with Gasteiger partial charge in [0.15, 0.2) is 0 Å². The van der Waals surface area contributed by atoms with Crippen LogP contribution in [0.2, 0.25) is 0 Å². The van der Waals surface area contributed by atoms with E-state index in [9.17, 15) is 0 Å². The summed E-state index contributed by atoms with van der Waals surface area (Å²) in [5.74, 6) is 1.16. The third kappa shape index (κ3) is 3.37. The molecule has 2 aromatic heterocycles. The smallest absolute Gasteiger partial charge is 0.257 e. The van der Waals surface area contributed by atoms with Gasteiger partial charge in [-0.15, -0.1) is 21.5 Å². The molecule has 0 saturated carbocycles. The molecule has 0 aromatic carbocycles. The Bertz CT molecular complexity index is 490. The van der Waals surface area contributed by atoms with Crippen molar-refractivity contribution in [3.63, 3.8) is 0 Å². The molecule has 2 heterocycles. The van der Waals surface area contributed by atoms with Gasteiger partial charge in [-0.1, -0.05) is 13.8 Å². The molecular weight excluding hydrogens is 370 g/mol. The zero-order chi connectivity index (χ0) is 12.4. The fraction of sp³-hybridized carbons (Fsp3) is 0.400. The van der Waals surface area contributed by atoms with E-state index in [1.807, 2.05) is 6.07 Å². The van der Waals surface area contributed by atoms with E-state index in [2.05, 4.69) is 61.2 Å². The van der Waals surface area contributed by atoms with E-state index in [1.54, 1.807) is 11.3 Å². The molecule has 0 unspecified atom stereocenters. The van der Waals surface area contributed by atoms with Crippen LogP contribution in [-0.2, 0) is 6.54 Å². The topological polar surface area (TPSA) is 51.0 Å². The Morgan fingerprint density at radius 1 is 1.41 bits per heavy atom. The zero-order valence-corrected chi connectivity index (χ0v) is 13.3. The average molecular weight is 381 g/mol. The minimum absolute atomic E-state index is 0.398. The first-order chi connectivity index (χ1) is 8.06. The second-order valence-corrected chi connectivity index (χ2v) is 6.99. The van der Waals surface area contributed by atoms with Crippen molar-refractivity contribution in [2.75, 3.05) is 0 Å². The predicted molar refractivity (Wildman–Crippen MR) is 75.0 cm³/mol. The monoisotopic (exact) mass is 379 g/mol. The first kappa shape index (κ1) is 13.2. The van der Waals surface area contributed by atoms with E-state index in [-0.39, 0.29) is 0 Å². The van der Waals surface area contributed by atoms with Gasteiger partial charge in [-0.3, -0.25) is 0 Å². The maximum Gasteiger partial charge on any atom is 0.257 e. The number of rotatable bonds is 4. The van der Waals surface area contributed by atoms with Crippen LogP contribution >= 0.6 is 43.2 Å². The van der Waals surface area contributed by atoms with Crippen LogP contribution in [0.1, 0.15) is 19.7 Å². The maximum absolute atomic E-state index is 5.57. The highest BCUT2D eigenvalue weighted by Gasteiger charge is 2.13. The van der Waals surface area contributed by atoms with Crippen molar-refractivity contribution in [2.24, 2.45) is 0 Å². The van der Waals surface area contributed by atoms with Gasteiger partial charge in [0.25, 0.3) is 5.89 Å². The summed E-state index contributed by atoms with van der Waals surface area (Å²) in [6.07, 6.45) is 0. The second-order valence-electron chi connectivity index (χ2n) is 3.77. The Balaban J connectivity index is 2.12. The minimum atomic E-state index is 0.398. The van der Waals surface area contributed by atoms with Gasteiger partial charge in [0.05, 0.1) is 15.2 Å². The van der Waals surface area contributed by atoms with E-state index in [0.29, 0.717) is 24.4 Å². The molecule has 0 amide bonds. The molecule has 0 aliphatic heterocycles. The quantitative estimate of drug-likeness (QED) is 0.875. The first-order valence-electron chi connectivity index (χ1n) is 5.07. The van der Waals surface area contributed by atoms with Gasteiger partial charge in [0.1, 0.15) is 0 Å². The third-order valence-corrected chi connectivity index (χ3v) is 5.23. The molecule has 7 heteroatoms. The van der Waals surface area contributed by atoms with Gasteiger partial charge in [0.2, 0.25) is 5.89 Å². The van der Waals surface area contributed by atoms with E-state index < -0.39 is 0 Å². The molecule has 0 saturated heterocycles. The van der Waals surface area contributed by atoms with Crippen LogP contribution in [0.25, 0.3) is 10.8 Å². The van der Waals surface area contributed by atoms with Crippen molar-refractivity contribution in [1.82, 2.24) is 15.5 Å². The van der Waals surface area contributed by atoms with E-state index in [0.717, 1.165) is 13.1 Å². The molecule has 0 fully saturated rings. The van der Waals surface area contributed by atoms with Crippen LogP contribution in [0.4, 0.5) is 0 Å². The number of nitrogens with zero attached hydrogens (tertiary/aromatic N) is 2. The molecule has 0 atom stereocenters. The number of hydrogen-bond donors (Lipinski definition) is 1. The van der Waals surface area contributed by atoms with Crippen molar-refractivity contribution in [3.05, 3.63) is 20.2 Å². The first-order valence-corrected chi connectivity index (χ1v) is 7.47. The van der Waals surface area contributed by atoms with Crippen LogP contribution < -0.4 is 5.32 Å². The van der Waals surface area contributed by atoms with Gasteiger partial charge >= 0.3 is 0 Å². The standard InChI is InChI=1S/C10H11Br2N3OS/c1-5(2)13-4-8-14-15-10(16-8)7-3-6(11)9(12)17-7/h3,5,13H,4H2,1-2H3. The largest absolute Gasteiger partial charge is 0.419 e. The summed E-state index contributed by atoms with van der Waals surface area (Å²) in [4.78, 5) is 0.951. The molecule has 1 N–H and O–H groups in total. The molecule has 0 radical (unpaired) electrons. The van der Waals surface area contributed by atoms with Crippen LogP contribution in [0, 0.1) is 0 Å². The second kappa shape index (κ2) is 5.60. The Labute approximate surface area is 120 Å². The Morgan fingerprint density at radius 3 is 2.76 bits per heavy atom. The number of aromatic nitrogens is 2. The summed E-state index contributed by atoms with van der Waals surface area (Å²) in [6.45, 7) is 4.74. The van der Waals surface area contributed by atoms with Gasteiger partial charge in [-0.2, -0.15) is 0 Å². The van der Waals surface area contributed by atoms with Gasteiger partial charge in [-0.05, 0) is 37.9 Å². The van der Waals surface area contributed by atoms with E-state index >= 15 is 0 Å². The van der Waals surface area contributed by atoms with Crippen molar-refractivity contribution in [1.29, 1.82) is 0 Å². The molecule has 2 rings (SSSR count). The summed E-state index contributed by atoms with van der Waals surface area (Å²) in [7, 11) is 0.